The van der Waals surface area contributed by atoms with Crippen LogP contribution in [0.4, 0.5) is 17.2 Å². The van der Waals surface area contributed by atoms with Crippen LogP contribution in [0.2, 0.25) is 0 Å². The quantitative estimate of drug-likeness (QED) is 0.0853. The molecule has 334 valence electrons. The van der Waals surface area contributed by atoms with Crippen LogP contribution in [0, 0.1) is 12.3 Å². The summed E-state index contributed by atoms with van der Waals surface area (Å²) in [6.45, 7) is 3.36. The second kappa shape index (κ2) is 20.7. The fraction of sp³-hybridized carbons (Fsp3) is 0.0656. The molecule has 1 aliphatic rings. The molecule has 7 nitrogen and oxygen atoms in total. The van der Waals surface area contributed by atoms with Crippen LogP contribution in [-0.2, 0) is 6.54 Å². The summed E-state index contributed by atoms with van der Waals surface area (Å²) < 4.78 is 4.59. The molecule has 0 atom stereocenters. The van der Waals surface area contributed by atoms with Gasteiger partial charge in [0.15, 0.2) is 0 Å². The molecule has 7 heteroatoms. The first kappa shape index (κ1) is 44.5. The number of anilines is 3. The third kappa shape index (κ3) is 9.51. The Morgan fingerprint density at radius 1 is 0.603 bits per heavy atom. The van der Waals surface area contributed by atoms with E-state index in [2.05, 4.69) is 185 Å². The molecule has 2 heterocycles. The minimum Gasteiger partial charge on any atom is -0.384 e. The van der Waals surface area contributed by atoms with Gasteiger partial charge in [-0.15, -0.1) is 0 Å². The van der Waals surface area contributed by atoms with Crippen LogP contribution in [0.5, 0.6) is 0 Å². The third-order valence-electron chi connectivity index (χ3n) is 12.2. The van der Waals surface area contributed by atoms with Gasteiger partial charge in [0.1, 0.15) is 11.7 Å². The van der Waals surface area contributed by atoms with Gasteiger partial charge in [0.05, 0.1) is 27.6 Å². The number of aryl methyl sites for hydroxylation is 1. The molecule has 0 spiro atoms. The van der Waals surface area contributed by atoms with Gasteiger partial charge in [0.2, 0.25) is 0 Å². The molecule has 10 aromatic rings. The molecule has 11 rings (SSSR count). The van der Waals surface area contributed by atoms with Crippen LogP contribution in [-0.4, -0.2) is 21.5 Å². The molecule has 2 aromatic heterocycles. The standard InChI is InChI=1S/C47H38N6.C7H9N.C7H8/c48-46(49)35-17-13-16-34(30-35)33-24-26-38(27-25-33)52-41-23-12-11-22-39(41)40-28-29-42-43(44(40)52)45(47(50)53(42)37-20-9-4-10-21-37)51(36-18-7-3-8-19-36)31-32-14-5-1-2-6-15-32;8-6-7-4-2-1-3-5-7;1-7-5-3-2-4-6-7/h1,3-30H,2,31,50H2,(H3,48,49);1-5H,6,8H2;2-6H,1H3. The van der Waals surface area contributed by atoms with E-state index in [-0.39, 0.29) is 5.84 Å². The van der Waals surface area contributed by atoms with Gasteiger partial charge in [0.25, 0.3) is 0 Å². The summed E-state index contributed by atoms with van der Waals surface area (Å²) in [6.07, 6.45) is 11.9. The summed E-state index contributed by atoms with van der Waals surface area (Å²) in [6, 6.07) is 70.8. The van der Waals surface area contributed by atoms with E-state index in [1.807, 2.05) is 72.8 Å². The fourth-order valence-corrected chi connectivity index (χ4v) is 8.86. The van der Waals surface area contributed by atoms with Crippen LogP contribution in [0.25, 0.3) is 55.2 Å². The van der Waals surface area contributed by atoms with Gasteiger partial charge in [-0.3, -0.25) is 9.98 Å². The predicted octanol–water partition coefficient (Wildman–Crippen LogP) is 14.0. The van der Waals surface area contributed by atoms with Crippen LogP contribution >= 0.6 is 0 Å². The van der Waals surface area contributed by atoms with Gasteiger partial charge in [-0.2, -0.15) is 0 Å². The van der Waals surface area contributed by atoms with E-state index in [9.17, 15) is 0 Å². The maximum absolute atomic E-state index is 7.95. The molecule has 0 radical (unpaired) electrons. The molecule has 8 aromatic carbocycles. The van der Waals surface area contributed by atoms with E-state index in [1.54, 1.807) is 0 Å². The fourth-order valence-electron chi connectivity index (χ4n) is 8.86. The highest BCUT2D eigenvalue weighted by atomic mass is 15.2. The van der Waals surface area contributed by atoms with E-state index >= 15 is 0 Å². The Kier molecular flexibility index (Phi) is 13.5. The summed E-state index contributed by atoms with van der Waals surface area (Å²) in [5, 5.41) is 11.4. The van der Waals surface area contributed by atoms with Crippen molar-refractivity contribution in [3.8, 4) is 22.5 Å². The number of nitrogens with two attached hydrogens (primary N) is 3. The summed E-state index contributed by atoms with van der Waals surface area (Å²) in [5.41, 5.74) is 32.4. The number of amidine groups is 1. The molecule has 0 unspecified atom stereocenters. The SMILES string of the molecule is Cc1ccccc1.N=C(N)c1cccc(-c2ccc(-n3c4ccccc4c4ccc5c(c(N(CC6=CC=CCC=C6)c6ccccc6)c(N)n5-c5ccccc5)c43)cc2)c1.NCc1ccccc1. The molecule has 7 N–H and O–H groups in total. The monoisotopic (exact) mass is 885 g/mol. The molecule has 0 aliphatic heterocycles. The number of hydrogen-bond donors (Lipinski definition) is 4. The second-order valence-corrected chi connectivity index (χ2v) is 16.7. The number of nitrogen functional groups attached to an aromatic ring is 2. The van der Waals surface area contributed by atoms with E-state index in [0.717, 1.165) is 67.6 Å². The lowest BCUT2D eigenvalue weighted by Crippen LogP contribution is -2.21. The zero-order chi connectivity index (χ0) is 46.8. The number of para-hydroxylation sites is 3. The Hall–Kier alpha value is -8.65. The normalized spacial score (nSPS) is 11.9. The number of rotatable bonds is 9. The lowest BCUT2D eigenvalue weighted by Gasteiger charge is -2.26. The molecule has 0 bridgehead atoms. The van der Waals surface area contributed by atoms with Crippen LogP contribution < -0.4 is 22.1 Å². The molecule has 0 saturated heterocycles. The second-order valence-electron chi connectivity index (χ2n) is 16.7. The van der Waals surface area contributed by atoms with Crippen LogP contribution in [0.15, 0.2) is 242 Å². The van der Waals surface area contributed by atoms with Crippen molar-refractivity contribution in [1.29, 1.82) is 5.41 Å². The lowest BCUT2D eigenvalue weighted by molar-refractivity contribution is 1.06. The highest BCUT2D eigenvalue weighted by Gasteiger charge is 2.27. The maximum atomic E-state index is 7.95. The van der Waals surface area contributed by atoms with Crippen molar-refractivity contribution in [3.05, 3.63) is 259 Å². The molecule has 0 saturated carbocycles. The summed E-state index contributed by atoms with van der Waals surface area (Å²) >= 11 is 0. The maximum Gasteiger partial charge on any atom is 0.133 e. The summed E-state index contributed by atoms with van der Waals surface area (Å²) in [7, 11) is 0. The molecule has 1 aliphatic carbocycles. The molecule has 0 amide bonds. The number of benzene rings is 8. The smallest absolute Gasteiger partial charge is 0.133 e. The predicted molar refractivity (Wildman–Crippen MR) is 288 cm³/mol. The number of nitrogens with zero attached hydrogens (tertiary/aromatic N) is 3. The first-order chi connectivity index (χ1) is 33.4. The van der Waals surface area contributed by atoms with Crippen molar-refractivity contribution in [2.24, 2.45) is 11.5 Å². The van der Waals surface area contributed by atoms with Crippen molar-refractivity contribution in [2.75, 3.05) is 17.2 Å². The topological polar surface area (TPSA) is 115 Å². The van der Waals surface area contributed by atoms with Gasteiger partial charge in [-0.25, -0.2) is 0 Å². The number of fused-ring (bicyclic) bond motifs is 5. The molecular weight excluding hydrogens is 831 g/mol. The van der Waals surface area contributed by atoms with E-state index in [1.165, 1.54) is 22.1 Å². The average molecular weight is 886 g/mol. The molecular formula is C61H55N7. The Bertz CT molecular complexity index is 3400. The average Bonchev–Trinajstić information content (AvgIpc) is 3.74. The van der Waals surface area contributed by atoms with Crippen molar-refractivity contribution in [3.63, 3.8) is 0 Å². The van der Waals surface area contributed by atoms with E-state index in [4.69, 9.17) is 22.6 Å². The van der Waals surface area contributed by atoms with Gasteiger partial charge < -0.3 is 26.7 Å². The number of nitrogens with one attached hydrogen (secondary N) is 1. The third-order valence-corrected chi connectivity index (χ3v) is 12.2. The molecule has 68 heavy (non-hydrogen) atoms. The number of allylic oxidation sites excluding steroid dienone is 4. The minimum absolute atomic E-state index is 0.0580. The highest BCUT2D eigenvalue weighted by Crippen LogP contribution is 2.48. The number of hydrogen-bond acceptors (Lipinski definition) is 4. The van der Waals surface area contributed by atoms with Gasteiger partial charge in [0, 0.05) is 46.5 Å². The first-order valence-corrected chi connectivity index (χ1v) is 23.0. The van der Waals surface area contributed by atoms with Crippen molar-refractivity contribution in [2.45, 2.75) is 19.9 Å². The van der Waals surface area contributed by atoms with Crippen LogP contribution in [0.1, 0.15) is 23.1 Å². The Morgan fingerprint density at radius 3 is 1.91 bits per heavy atom. The largest absolute Gasteiger partial charge is 0.384 e. The van der Waals surface area contributed by atoms with Crippen molar-refractivity contribution in [1.82, 2.24) is 9.13 Å². The van der Waals surface area contributed by atoms with Gasteiger partial charge >= 0.3 is 0 Å². The summed E-state index contributed by atoms with van der Waals surface area (Å²) in [5.74, 6) is 0.733. The van der Waals surface area contributed by atoms with Crippen molar-refractivity contribution < 1.29 is 0 Å². The van der Waals surface area contributed by atoms with Crippen LogP contribution in [0.3, 0.4) is 0 Å². The zero-order valence-electron chi connectivity index (χ0n) is 38.2. The first-order valence-electron chi connectivity index (χ1n) is 23.0. The Balaban J connectivity index is 0.000000328. The van der Waals surface area contributed by atoms with Gasteiger partial charge in [-0.05, 0) is 90.2 Å². The highest BCUT2D eigenvalue weighted by molar-refractivity contribution is 6.24. The number of aromatic nitrogens is 2. The van der Waals surface area contributed by atoms with E-state index in [0.29, 0.717) is 24.5 Å². The van der Waals surface area contributed by atoms with E-state index < -0.39 is 0 Å². The summed E-state index contributed by atoms with van der Waals surface area (Å²) in [4.78, 5) is 2.37. The Morgan fingerprint density at radius 2 is 1.25 bits per heavy atom. The Labute approximate surface area is 398 Å². The lowest BCUT2D eigenvalue weighted by atomic mass is 10.0. The van der Waals surface area contributed by atoms with Gasteiger partial charge in [-0.1, -0.05) is 188 Å². The minimum atomic E-state index is 0.0580. The zero-order valence-corrected chi connectivity index (χ0v) is 38.2. The van der Waals surface area contributed by atoms with Crippen molar-refractivity contribution >= 4 is 55.7 Å². The molecule has 0 fully saturated rings.